The first-order chi connectivity index (χ1) is 14.7. The van der Waals surface area contributed by atoms with Gasteiger partial charge in [0.15, 0.2) is 0 Å². The number of para-hydroxylation sites is 2. The summed E-state index contributed by atoms with van der Waals surface area (Å²) >= 11 is 6.24. The van der Waals surface area contributed by atoms with Crippen LogP contribution in [0.1, 0.15) is 11.1 Å². The Bertz CT molecular complexity index is 1190. The third-order valence-corrected chi connectivity index (χ3v) is 6.97. The molecule has 31 heavy (non-hydrogen) atoms. The Hall–Kier alpha value is -3.03. The lowest BCUT2D eigenvalue weighted by molar-refractivity contribution is -0.114. The van der Waals surface area contributed by atoms with E-state index in [-0.39, 0.29) is 4.90 Å². The number of ether oxygens (including phenoxy) is 1. The molecule has 0 saturated carbocycles. The van der Waals surface area contributed by atoms with E-state index in [1.807, 2.05) is 6.92 Å². The van der Waals surface area contributed by atoms with Crippen LogP contribution in [0.25, 0.3) is 0 Å². The SMILES string of the molecule is COc1ccccc1NC(=O)CN(c1cccc(Cl)c1C)S(=O)(=O)c1ccc(C)cc1. The maximum atomic E-state index is 13.5. The monoisotopic (exact) mass is 458 g/mol. The summed E-state index contributed by atoms with van der Waals surface area (Å²) in [6.07, 6.45) is 0. The van der Waals surface area contributed by atoms with Gasteiger partial charge in [-0.1, -0.05) is 47.5 Å². The summed E-state index contributed by atoms with van der Waals surface area (Å²) in [4.78, 5) is 13.0. The van der Waals surface area contributed by atoms with Gasteiger partial charge in [0.05, 0.1) is 23.4 Å². The lowest BCUT2D eigenvalue weighted by Gasteiger charge is -2.26. The van der Waals surface area contributed by atoms with Crippen LogP contribution in [0.5, 0.6) is 5.75 Å². The van der Waals surface area contributed by atoms with Gasteiger partial charge >= 0.3 is 0 Å². The number of anilines is 2. The fraction of sp³-hybridized carbons (Fsp3) is 0.174. The van der Waals surface area contributed by atoms with Crippen LogP contribution in [-0.4, -0.2) is 28.0 Å². The van der Waals surface area contributed by atoms with Crippen LogP contribution < -0.4 is 14.4 Å². The molecule has 0 aliphatic rings. The first-order valence-corrected chi connectivity index (χ1v) is 11.3. The van der Waals surface area contributed by atoms with E-state index < -0.39 is 22.5 Å². The molecule has 8 heteroatoms. The predicted octanol–water partition coefficient (Wildman–Crippen LogP) is 4.80. The molecule has 0 saturated heterocycles. The zero-order valence-corrected chi connectivity index (χ0v) is 19.0. The molecule has 0 aliphatic heterocycles. The molecule has 3 rings (SSSR count). The first kappa shape index (κ1) is 22.7. The van der Waals surface area contributed by atoms with E-state index in [2.05, 4.69) is 5.32 Å². The molecule has 1 amide bonds. The molecule has 0 heterocycles. The van der Waals surface area contributed by atoms with Crippen molar-refractivity contribution in [3.63, 3.8) is 0 Å². The number of nitrogens with one attached hydrogen (secondary N) is 1. The van der Waals surface area contributed by atoms with Crippen molar-refractivity contribution >= 4 is 38.9 Å². The fourth-order valence-electron chi connectivity index (χ4n) is 3.07. The summed E-state index contributed by atoms with van der Waals surface area (Å²) in [5.74, 6) is -0.0395. The summed E-state index contributed by atoms with van der Waals surface area (Å²) in [6, 6.07) is 18.3. The molecule has 3 aromatic carbocycles. The van der Waals surface area contributed by atoms with E-state index >= 15 is 0 Å². The molecule has 3 aromatic rings. The molecule has 0 atom stereocenters. The van der Waals surface area contributed by atoms with Crippen molar-refractivity contribution in [1.82, 2.24) is 0 Å². The first-order valence-electron chi connectivity index (χ1n) is 9.51. The molecule has 1 N–H and O–H groups in total. The number of sulfonamides is 1. The molecule has 0 unspecified atom stereocenters. The molecule has 0 aromatic heterocycles. The average Bonchev–Trinajstić information content (AvgIpc) is 2.75. The number of halogens is 1. The van der Waals surface area contributed by atoms with Gasteiger partial charge in [0, 0.05) is 5.02 Å². The van der Waals surface area contributed by atoms with Crippen LogP contribution >= 0.6 is 11.6 Å². The number of rotatable bonds is 7. The van der Waals surface area contributed by atoms with Crippen molar-refractivity contribution in [2.75, 3.05) is 23.3 Å². The number of aryl methyl sites for hydroxylation is 1. The minimum atomic E-state index is -4.03. The minimum absolute atomic E-state index is 0.0857. The van der Waals surface area contributed by atoms with Gasteiger partial charge in [0.2, 0.25) is 5.91 Å². The smallest absolute Gasteiger partial charge is 0.264 e. The number of hydrogen-bond acceptors (Lipinski definition) is 4. The van der Waals surface area contributed by atoms with Crippen molar-refractivity contribution in [2.24, 2.45) is 0 Å². The Kier molecular flexibility index (Phi) is 6.87. The van der Waals surface area contributed by atoms with Gasteiger partial charge in [0.1, 0.15) is 12.3 Å². The summed E-state index contributed by atoms with van der Waals surface area (Å²) in [5.41, 5.74) is 2.28. The largest absolute Gasteiger partial charge is 0.495 e. The molecular weight excluding hydrogens is 436 g/mol. The van der Waals surface area contributed by atoms with Gasteiger partial charge < -0.3 is 10.1 Å². The van der Waals surface area contributed by atoms with Gasteiger partial charge in [-0.3, -0.25) is 9.10 Å². The Labute approximate surface area is 187 Å². The molecule has 0 bridgehead atoms. The van der Waals surface area contributed by atoms with Crippen molar-refractivity contribution in [3.8, 4) is 5.75 Å². The zero-order valence-electron chi connectivity index (χ0n) is 17.4. The second-order valence-corrected chi connectivity index (χ2v) is 9.23. The number of hydrogen-bond donors (Lipinski definition) is 1. The fourth-order valence-corrected chi connectivity index (χ4v) is 4.72. The van der Waals surface area contributed by atoms with Crippen molar-refractivity contribution < 1.29 is 17.9 Å². The number of nitrogens with zero attached hydrogens (tertiary/aromatic N) is 1. The summed E-state index contributed by atoms with van der Waals surface area (Å²) in [7, 11) is -2.54. The maximum absolute atomic E-state index is 13.5. The van der Waals surface area contributed by atoms with Crippen molar-refractivity contribution in [2.45, 2.75) is 18.7 Å². The quantitative estimate of drug-likeness (QED) is 0.551. The van der Waals surface area contributed by atoms with Gasteiger partial charge in [-0.05, 0) is 55.8 Å². The van der Waals surface area contributed by atoms with E-state index in [9.17, 15) is 13.2 Å². The van der Waals surface area contributed by atoms with Crippen molar-refractivity contribution in [3.05, 3.63) is 82.9 Å². The second kappa shape index (κ2) is 9.41. The highest BCUT2D eigenvalue weighted by Gasteiger charge is 2.29. The number of carbonyl (C=O) groups is 1. The van der Waals surface area contributed by atoms with E-state index in [1.54, 1.807) is 61.5 Å². The molecule has 0 radical (unpaired) electrons. The van der Waals surface area contributed by atoms with Gasteiger partial charge in [-0.15, -0.1) is 0 Å². The molecule has 0 fully saturated rings. The van der Waals surface area contributed by atoms with E-state index in [0.29, 0.717) is 27.7 Å². The summed E-state index contributed by atoms with van der Waals surface area (Å²) in [6.45, 7) is 3.15. The van der Waals surface area contributed by atoms with E-state index in [0.717, 1.165) is 9.87 Å². The average molecular weight is 459 g/mol. The maximum Gasteiger partial charge on any atom is 0.264 e. The molecule has 6 nitrogen and oxygen atoms in total. The van der Waals surface area contributed by atoms with Crippen LogP contribution in [0.3, 0.4) is 0 Å². The third kappa shape index (κ3) is 5.00. The highest BCUT2D eigenvalue weighted by molar-refractivity contribution is 7.92. The predicted molar refractivity (Wildman–Crippen MR) is 124 cm³/mol. The van der Waals surface area contributed by atoms with Crippen LogP contribution in [0.15, 0.2) is 71.6 Å². The minimum Gasteiger partial charge on any atom is -0.495 e. The molecular formula is C23H23ClN2O4S. The lowest BCUT2D eigenvalue weighted by Crippen LogP contribution is -2.38. The third-order valence-electron chi connectivity index (χ3n) is 4.79. The number of carbonyl (C=O) groups excluding carboxylic acids is 1. The van der Waals surface area contributed by atoms with Gasteiger partial charge in [0.25, 0.3) is 10.0 Å². The number of methoxy groups -OCH3 is 1. The highest BCUT2D eigenvalue weighted by Crippen LogP contribution is 2.31. The Morgan fingerprint density at radius 1 is 1.00 bits per heavy atom. The standard InChI is InChI=1S/C23H23ClN2O4S/c1-16-11-13-18(14-12-16)31(28,29)26(21-9-6-7-19(24)17(21)2)15-23(27)25-20-8-4-5-10-22(20)30-3/h4-14H,15H2,1-3H3,(H,25,27). The Balaban J connectivity index is 2.01. The molecule has 162 valence electrons. The Morgan fingerprint density at radius 3 is 2.35 bits per heavy atom. The topological polar surface area (TPSA) is 75.7 Å². The lowest BCUT2D eigenvalue weighted by atomic mass is 10.2. The van der Waals surface area contributed by atoms with Crippen LogP contribution in [0.4, 0.5) is 11.4 Å². The Morgan fingerprint density at radius 2 is 1.68 bits per heavy atom. The number of amides is 1. The normalized spacial score (nSPS) is 11.1. The number of benzene rings is 3. The summed E-state index contributed by atoms with van der Waals surface area (Å²) in [5, 5.41) is 3.13. The van der Waals surface area contributed by atoms with E-state index in [1.165, 1.54) is 19.2 Å². The zero-order chi connectivity index (χ0) is 22.6. The van der Waals surface area contributed by atoms with Crippen LogP contribution in [-0.2, 0) is 14.8 Å². The molecule has 0 aliphatic carbocycles. The molecule has 0 spiro atoms. The van der Waals surface area contributed by atoms with E-state index in [4.69, 9.17) is 16.3 Å². The van der Waals surface area contributed by atoms with Crippen LogP contribution in [0, 0.1) is 13.8 Å². The highest BCUT2D eigenvalue weighted by atomic mass is 35.5. The second-order valence-electron chi connectivity index (χ2n) is 6.96. The van der Waals surface area contributed by atoms with Gasteiger partial charge in [-0.25, -0.2) is 8.42 Å². The van der Waals surface area contributed by atoms with Gasteiger partial charge in [-0.2, -0.15) is 0 Å². The van der Waals surface area contributed by atoms with Crippen LogP contribution in [0.2, 0.25) is 5.02 Å². The summed E-state index contributed by atoms with van der Waals surface area (Å²) < 4.78 is 33.3. The van der Waals surface area contributed by atoms with Crippen molar-refractivity contribution in [1.29, 1.82) is 0 Å².